The summed E-state index contributed by atoms with van der Waals surface area (Å²) in [5, 5.41) is 14.7. The van der Waals surface area contributed by atoms with Crippen LogP contribution in [-0.4, -0.2) is 177 Å². The molecule has 2 aromatic carbocycles. The fourth-order valence-corrected chi connectivity index (χ4v) is 11.4. The van der Waals surface area contributed by atoms with Crippen LogP contribution in [0.3, 0.4) is 0 Å². The van der Waals surface area contributed by atoms with Crippen molar-refractivity contribution in [3.8, 4) is 11.6 Å². The van der Waals surface area contributed by atoms with E-state index in [0.29, 0.717) is 11.1 Å². The van der Waals surface area contributed by atoms with E-state index in [1.807, 2.05) is 6.07 Å². The molecule has 8 heterocycles. The van der Waals surface area contributed by atoms with Gasteiger partial charge in [0.05, 0.1) is 81.3 Å². The zero-order chi connectivity index (χ0) is 61.9. The van der Waals surface area contributed by atoms with Gasteiger partial charge >= 0.3 is 15.6 Å². The number of hydrogen-bond acceptors (Lipinski definition) is 18. The van der Waals surface area contributed by atoms with Gasteiger partial charge < -0.3 is 38.5 Å². The lowest BCUT2D eigenvalue weighted by atomic mass is 10.1. The number of hydrogen-bond donors (Lipinski definition) is 2. The number of Topliss-reactive ketones (excluding diaryl/α,β-unsaturated/α-hetero) is 2. The monoisotopic (exact) mass is 1230 g/mol. The van der Waals surface area contributed by atoms with Crippen LogP contribution in [0.15, 0.2) is 110 Å². The molecule has 0 spiro atoms. The van der Waals surface area contributed by atoms with Crippen LogP contribution < -0.4 is 0 Å². The highest BCUT2D eigenvalue weighted by atomic mass is 31.2. The number of phosphoric acid groups is 2. The van der Waals surface area contributed by atoms with E-state index in [4.69, 9.17) is 23.4 Å². The molecule has 2 N–H and O–H groups in total. The number of rotatable bonds is 16. The molecule has 8 aromatic rings. The standard InChI is InChI=1S/C31H37FN7O7P.C23H21FN7O7P/c1-30(2,3)45-47(43,46-31(4,5)6)44-20-38-19-22(24-23(32)18-33-27(25(24)38)39-13-12-34-35-39)26(40)29(42)37-16-14-36(15-17-37)28(41)21-10-8-7-9-11-21;24-17-12-25-21(31-7-6-26-27-31)19-18(17)16(13-30(19)14-38-39(35,36)37)20(32)23(34)29-10-8-28(9-11-29)22(33)15-4-2-1-3-5-15/h7-13,18-19H,14-17,20H2,1-6H3;1-7,12-13H,8-11,14H2,(H2,35,36,37). The maximum absolute atomic E-state index is 15.6. The van der Waals surface area contributed by atoms with Crippen LogP contribution in [0.1, 0.15) is 83.0 Å². The van der Waals surface area contributed by atoms with Crippen molar-refractivity contribution in [3.63, 3.8) is 0 Å². The topological polar surface area (TPSA) is 324 Å². The first kappa shape index (κ1) is 61.9. The van der Waals surface area contributed by atoms with Crippen LogP contribution in [0.5, 0.6) is 0 Å². The Kier molecular flexibility index (Phi) is 18.1. The van der Waals surface area contributed by atoms with Crippen molar-refractivity contribution in [2.24, 2.45) is 0 Å². The average Bonchev–Trinajstić information content (AvgIpc) is 1.84. The van der Waals surface area contributed by atoms with Gasteiger partial charge in [0, 0.05) is 75.9 Å². The molecule has 86 heavy (non-hydrogen) atoms. The summed E-state index contributed by atoms with van der Waals surface area (Å²) < 4.78 is 82.3. The van der Waals surface area contributed by atoms with Gasteiger partial charge in [0.1, 0.15) is 13.5 Å². The highest BCUT2D eigenvalue weighted by molar-refractivity contribution is 7.48. The van der Waals surface area contributed by atoms with Crippen molar-refractivity contribution < 1.29 is 74.6 Å². The number of phosphoric ester groups is 2. The predicted octanol–water partition coefficient (Wildman–Crippen LogP) is 5.63. The highest BCUT2D eigenvalue weighted by Crippen LogP contribution is 2.56. The largest absolute Gasteiger partial charge is 0.477 e. The van der Waals surface area contributed by atoms with Crippen molar-refractivity contribution in [2.45, 2.75) is 66.2 Å². The number of ketones is 2. The Bertz CT molecular complexity index is 3910. The van der Waals surface area contributed by atoms with Gasteiger partial charge in [0.25, 0.3) is 35.2 Å². The van der Waals surface area contributed by atoms with E-state index < -0.39 is 75.3 Å². The summed E-state index contributed by atoms with van der Waals surface area (Å²) in [5.41, 5.74) is -1.51. The molecule has 2 saturated heterocycles. The fraction of sp³-hybridized carbons (Fsp3) is 0.333. The minimum Gasteiger partial charge on any atom is -0.335 e. The first-order valence-electron chi connectivity index (χ1n) is 26.5. The number of carbonyl (C=O) groups excluding carboxylic acids is 6. The van der Waals surface area contributed by atoms with Crippen LogP contribution in [0.2, 0.25) is 0 Å². The number of pyridine rings is 2. The summed E-state index contributed by atoms with van der Waals surface area (Å²) in [6.07, 6.45) is 9.64. The van der Waals surface area contributed by atoms with Gasteiger partial charge in [-0.25, -0.2) is 37.2 Å². The van der Waals surface area contributed by atoms with Gasteiger partial charge in [0.15, 0.2) is 23.3 Å². The predicted molar refractivity (Wildman–Crippen MR) is 299 cm³/mol. The SMILES string of the molecule is CC(C)(C)OP(=O)(OCn1cc(C(=O)C(=O)N2CCN(C(=O)c3ccccc3)CC2)c2c(F)cnc(-n3ccnn3)c21)OC(C)(C)C.O=C(C(=O)N1CCN(C(=O)c2ccccc2)CC1)c1cn(COP(=O)(O)O)c2c(-n3ccnn3)ncc(F)c12. The summed E-state index contributed by atoms with van der Waals surface area (Å²) in [6.45, 7) is 9.98. The number of piperazine rings is 2. The van der Waals surface area contributed by atoms with Crippen LogP contribution in [0, 0.1) is 11.6 Å². The molecule has 452 valence electrons. The molecule has 2 fully saturated rings. The number of aromatic nitrogens is 10. The van der Waals surface area contributed by atoms with Crippen molar-refractivity contribution in [3.05, 3.63) is 144 Å². The molecule has 2 aliphatic rings. The Morgan fingerprint density at radius 1 is 0.547 bits per heavy atom. The van der Waals surface area contributed by atoms with E-state index in [2.05, 4.69) is 35.1 Å². The van der Waals surface area contributed by atoms with Crippen LogP contribution in [0.25, 0.3) is 33.4 Å². The van der Waals surface area contributed by atoms with Crippen LogP contribution in [0.4, 0.5) is 8.78 Å². The quantitative estimate of drug-likeness (QED) is 0.0673. The summed E-state index contributed by atoms with van der Waals surface area (Å²) in [7, 11) is -9.20. The molecule has 28 nitrogen and oxygen atoms in total. The second-order valence-electron chi connectivity index (χ2n) is 21.4. The third kappa shape index (κ3) is 14.2. The van der Waals surface area contributed by atoms with Crippen molar-refractivity contribution >= 4 is 72.6 Å². The second-order valence-corrected chi connectivity index (χ2v) is 24.2. The van der Waals surface area contributed by atoms with Crippen LogP contribution >= 0.6 is 15.6 Å². The molecule has 0 radical (unpaired) electrons. The van der Waals surface area contributed by atoms with Gasteiger partial charge in [-0.2, -0.15) is 0 Å². The Morgan fingerprint density at radius 2 is 0.907 bits per heavy atom. The van der Waals surface area contributed by atoms with Gasteiger partial charge in [0.2, 0.25) is 0 Å². The van der Waals surface area contributed by atoms with E-state index >= 15 is 8.78 Å². The number of fused-ring (bicyclic) bond motifs is 2. The van der Waals surface area contributed by atoms with Gasteiger partial charge in [-0.15, -0.1) is 10.2 Å². The molecular weight excluding hydrogens is 1170 g/mol. The first-order valence-corrected chi connectivity index (χ1v) is 29.5. The van der Waals surface area contributed by atoms with Crippen molar-refractivity contribution in [1.82, 2.24) is 68.7 Å². The van der Waals surface area contributed by atoms with E-state index in [9.17, 15) is 37.9 Å². The van der Waals surface area contributed by atoms with Gasteiger partial charge in [-0.3, -0.25) is 46.9 Å². The molecule has 0 unspecified atom stereocenters. The number of amides is 4. The molecule has 6 aromatic heterocycles. The molecular formula is C54H58F2N14O14P2. The number of nitrogens with zero attached hydrogens (tertiary/aromatic N) is 14. The maximum atomic E-state index is 15.6. The molecule has 4 amide bonds. The first-order chi connectivity index (χ1) is 40.7. The lowest BCUT2D eigenvalue weighted by Gasteiger charge is -2.34. The van der Waals surface area contributed by atoms with E-state index in [1.54, 1.807) is 106 Å². The Hall–Kier alpha value is -8.60. The third-order valence-corrected chi connectivity index (χ3v) is 15.5. The second kappa shape index (κ2) is 25.2. The van der Waals surface area contributed by atoms with E-state index in [-0.39, 0.29) is 109 Å². The van der Waals surface area contributed by atoms with Crippen molar-refractivity contribution in [2.75, 3.05) is 52.4 Å². The number of benzene rings is 2. The molecule has 0 aliphatic carbocycles. The molecule has 0 atom stereocenters. The fourth-order valence-electron chi connectivity index (χ4n) is 9.37. The molecule has 0 bridgehead atoms. The van der Waals surface area contributed by atoms with E-state index in [0.717, 1.165) is 27.8 Å². The zero-order valence-corrected chi connectivity index (χ0v) is 49.0. The average molecular weight is 1230 g/mol. The highest BCUT2D eigenvalue weighted by Gasteiger charge is 2.39. The Labute approximate surface area is 488 Å². The molecule has 32 heteroatoms. The molecule has 0 saturated carbocycles. The minimum atomic E-state index is -4.95. The molecule has 2 aliphatic heterocycles. The van der Waals surface area contributed by atoms with Crippen molar-refractivity contribution in [1.29, 1.82) is 0 Å². The lowest BCUT2D eigenvalue weighted by Crippen LogP contribution is -2.52. The van der Waals surface area contributed by atoms with E-state index in [1.165, 1.54) is 50.0 Å². The van der Waals surface area contributed by atoms with Gasteiger partial charge in [-0.1, -0.05) is 46.8 Å². The third-order valence-electron chi connectivity index (χ3n) is 13.1. The Balaban J connectivity index is 0.000000209. The normalized spacial score (nSPS) is 14.3. The van der Waals surface area contributed by atoms with Gasteiger partial charge in [-0.05, 0) is 65.8 Å². The lowest BCUT2D eigenvalue weighted by molar-refractivity contribution is -0.128. The summed E-state index contributed by atoms with van der Waals surface area (Å²) in [4.78, 5) is 112. The Morgan fingerprint density at radius 3 is 1.24 bits per heavy atom. The van der Waals surface area contributed by atoms with Crippen LogP contribution in [-0.2, 0) is 50.3 Å². The number of halogens is 2. The minimum absolute atomic E-state index is 0.0160. The summed E-state index contributed by atoms with van der Waals surface area (Å²) in [6, 6.07) is 17.4. The smallest absolute Gasteiger partial charge is 0.335 e. The summed E-state index contributed by atoms with van der Waals surface area (Å²) >= 11 is 0. The summed E-state index contributed by atoms with van der Waals surface area (Å²) in [5.74, 6) is -5.96. The molecule has 10 rings (SSSR count). The maximum Gasteiger partial charge on any atom is 0.477 e. The zero-order valence-electron chi connectivity index (χ0n) is 47.2. The number of carbonyl (C=O) groups is 6.